The van der Waals surface area contributed by atoms with Crippen LogP contribution in [0.1, 0.15) is 53.8 Å². The maximum absolute atomic E-state index is 13.0. The Morgan fingerprint density at radius 2 is 1.71 bits per heavy atom. The molecule has 3 rings (SSSR count). The minimum Gasteiger partial charge on any atom is -0.377 e. The summed E-state index contributed by atoms with van der Waals surface area (Å²) in [5.74, 6) is -0.338. The zero-order chi connectivity index (χ0) is 17.4. The lowest BCUT2D eigenvalue weighted by Crippen LogP contribution is -2.45. The van der Waals surface area contributed by atoms with Crippen LogP contribution in [0.25, 0.3) is 10.8 Å². The molecule has 2 amide bonds. The lowest BCUT2D eigenvalue weighted by molar-refractivity contribution is 0.0543. The van der Waals surface area contributed by atoms with Gasteiger partial charge in [-0.1, -0.05) is 31.9 Å². The van der Waals surface area contributed by atoms with Crippen molar-refractivity contribution in [2.45, 2.75) is 39.2 Å². The van der Waals surface area contributed by atoms with Gasteiger partial charge in [-0.3, -0.25) is 14.5 Å². The summed E-state index contributed by atoms with van der Waals surface area (Å²) in [6.07, 6.45) is 2.91. The molecular weight excluding hydrogens is 300 g/mol. The molecule has 0 fully saturated rings. The third-order valence-electron chi connectivity index (χ3n) is 4.81. The zero-order valence-corrected chi connectivity index (χ0v) is 14.8. The molecule has 126 valence electrons. The average Bonchev–Trinajstić information content (AvgIpc) is 2.57. The quantitative estimate of drug-likeness (QED) is 0.778. The number of benzene rings is 2. The molecule has 0 spiro atoms. The molecule has 1 atom stereocenters. The molecule has 0 N–H and O–H groups in total. The van der Waals surface area contributed by atoms with Gasteiger partial charge in [-0.2, -0.15) is 0 Å². The number of anilines is 1. The summed E-state index contributed by atoms with van der Waals surface area (Å²) in [7, 11) is 3.94. The minimum atomic E-state index is -0.169. The Bertz CT molecular complexity index is 788. The van der Waals surface area contributed by atoms with Crippen LogP contribution in [0.3, 0.4) is 0 Å². The highest BCUT2D eigenvalue weighted by Gasteiger charge is 2.35. The fraction of sp³-hybridized carbons (Fsp3) is 0.400. The van der Waals surface area contributed by atoms with Gasteiger partial charge in [0, 0.05) is 47.7 Å². The molecule has 1 aliphatic heterocycles. The van der Waals surface area contributed by atoms with Crippen molar-refractivity contribution in [1.82, 2.24) is 4.90 Å². The standard InChI is InChI=1S/C20H24N2O2/c1-5-6-8-13(2)22-19(23)15-10-7-9-14-17(21(3)4)12-11-16(18(14)15)20(22)24/h7,9-13H,5-6,8H2,1-4H3. The van der Waals surface area contributed by atoms with E-state index in [0.717, 1.165) is 35.7 Å². The fourth-order valence-corrected chi connectivity index (χ4v) is 3.52. The second-order valence-electron chi connectivity index (χ2n) is 6.73. The van der Waals surface area contributed by atoms with Gasteiger partial charge >= 0.3 is 0 Å². The Kier molecular flexibility index (Phi) is 4.31. The van der Waals surface area contributed by atoms with Crippen LogP contribution in [0.2, 0.25) is 0 Å². The number of imide groups is 1. The molecule has 0 saturated heterocycles. The molecule has 0 aromatic heterocycles. The van der Waals surface area contributed by atoms with Crippen molar-refractivity contribution < 1.29 is 9.59 Å². The van der Waals surface area contributed by atoms with Crippen LogP contribution in [0.15, 0.2) is 30.3 Å². The number of carbonyl (C=O) groups excluding carboxylic acids is 2. The van der Waals surface area contributed by atoms with Crippen molar-refractivity contribution >= 4 is 28.3 Å². The minimum absolute atomic E-state index is 0.0816. The monoisotopic (exact) mass is 324 g/mol. The smallest absolute Gasteiger partial charge is 0.261 e. The van der Waals surface area contributed by atoms with Gasteiger partial charge in [0.1, 0.15) is 0 Å². The van der Waals surface area contributed by atoms with E-state index in [1.165, 1.54) is 4.90 Å². The molecule has 1 aliphatic rings. The van der Waals surface area contributed by atoms with E-state index >= 15 is 0 Å². The number of rotatable bonds is 5. The Morgan fingerprint density at radius 1 is 1.04 bits per heavy atom. The van der Waals surface area contributed by atoms with E-state index in [1.54, 1.807) is 0 Å². The van der Waals surface area contributed by atoms with E-state index in [2.05, 4.69) is 6.92 Å². The zero-order valence-electron chi connectivity index (χ0n) is 14.8. The lowest BCUT2D eigenvalue weighted by atomic mass is 9.91. The van der Waals surface area contributed by atoms with Crippen molar-refractivity contribution in [3.63, 3.8) is 0 Å². The molecule has 0 bridgehead atoms. The van der Waals surface area contributed by atoms with Crippen molar-refractivity contribution in [3.05, 3.63) is 41.5 Å². The van der Waals surface area contributed by atoms with Gasteiger partial charge in [-0.15, -0.1) is 0 Å². The Labute approximate surface area is 143 Å². The molecular formula is C20H24N2O2. The predicted molar refractivity (Wildman–Crippen MR) is 97.8 cm³/mol. The van der Waals surface area contributed by atoms with E-state index in [1.807, 2.05) is 56.3 Å². The summed E-state index contributed by atoms with van der Waals surface area (Å²) in [5, 5.41) is 1.75. The van der Waals surface area contributed by atoms with Crippen LogP contribution in [0.4, 0.5) is 5.69 Å². The van der Waals surface area contributed by atoms with Crippen LogP contribution >= 0.6 is 0 Å². The Balaban J connectivity index is 2.16. The van der Waals surface area contributed by atoms with Gasteiger partial charge < -0.3 is 4.90 Å². The van der Waals surface area contributed by atoms with Crippen LogP contribution in [-0.4, -0.2) is 36.9 Å². The maximum Gasteiger partial charge on any atom is 0.261 e. The first kappa shape index (κ1) is 16.5. The average molecular weight is 324 g/mol. The molecule has 24 heavy (non-hydrogen) atoms. The summed E-state index contributed by atoms with van der Waals surface area (Å²) >= 11 is 0. The number of carbonyl (C=O) groups is 2. The number of unbranched alkanes of at least 4 members (excludes halogenated alkanes) is 1. The van der Waals surface area contributed by atoms with Crippen LogP contribution in [0, 0.1) is 0 Å². The topological polar surface area (TPSA) is 40.6 Å². The van der Waals surface area contributed by atoms with E-state index in [-0.39, 0.29) is 17.9 Å². The van der Waals surface area contributed by atoms with Crippen molar-refractivity contribution in [3.8, 4) is 0 Å². The maximum atomic E-state index is 13.0. The molecule has 0 radical (unpaired) electrons. The molecule has 1 unspecified atom stereocenters. The van der Waals surface area contributed by atoms with E-state index in [0.29, 0.717) is 11.1 Å². The van der Waals surface area contributed by atoms with Gasteiger partial charge in [0.05, 0.1) is 0 Å². The molecule has 2 aromatic carbocycles. The van der Waals surface area contributed by atoms with Crippen molar-refractivity contribution in [2.75, 3.05) is 19.0 Å². The van der Waals surface area contributed by atoms with E-state index in [9.17, 15) is 9.59 Å². The summed E-state index contributed by atoms with van der Waals surface area (Å²) in [6, 6.07) is 9.45. The third kappa shape index (κ3) is 2.46. The first-order valence-corrected chi connectivity index (χ1v) is 8.58. The normalized spacial score (nSPS) is 15.1. The van der Waals surface area contributed by atoms with Crippen molar-refractivity contribution in [2.24, 2.45) is 0 Å². The molecule has 4 heteroatoms. The van der Waals surface area contributed by atoms with Gasteiger partial charge in [0.25, 0.3) is 11.8 Å². The highest BCUT2D eigenvalue weighted by Crippen LogP contribution is 2.36. The summed E-state index contributed by atoms with van der Waals surface area (Å²) < 4.78 is 0. The van der Waals surface area contributed by atoms with Crippen LogP contribution < -0.4 is 4.90 Å². The van der Waals surface area contributed by atoms with Gasteiger partial charge in [-0.25, -0.2) is 0 Å². The number of hydrogen-bond donors (Lipinski definition) is 0. The third-order valence-corrected chi connectivity index (χ3v) is 4.81. The predicted octanol–water partition coefficient (Wildman–Crippen LogP) is 4.08. The second kappa shape index (κ2) is 6.27. The van der Waals surface area contributed by atoms with Crippen LogP contribution in [-0.2, 0) is 0 Å². The fourth-order valence-electron chi connectivity index (χ4n) is 3.52. The number of nitrogens with zero attached hydrogens (tertiary/aromatic N) is 2. The van der Waals surface area contributed by atoms with Gasteiger partial charge in [0.2, 0.25) is 0 Å². The van der Waals surface area contributed by atoms with Crippen molar-refractivity contribution in [1.29, 1.82) is 0 Å². The molecule has 0 saturated carbocycles. The largest absolute Gasteiger partial charge is 0.377 e. The second-order valence-corrected chi connectivity index (χ2v) is 6.73. The van der Waals surface area contributed by atoms with Gasteiger partial charge in [-0.05, 0) is 31.5 Å². The van der Waals surface area contributed by atoms with E-state index < -0.39 is 0 Å². The summed E-state index contributed by atoms with van der Waals surface area (Å²) in [4.78, 5) is 29.4. The molecule has 0 aliphatic carbocycles. The molecule has 4 nitrogen and oxygen atoms in total. The lowest BCUT2D eigenvalue weighted by Gasteiger charge is -2.32. The Morgan fingerprint density at radius 3 is 2.33 bits per heavy atom. The first-order chi connectivity index (χ1) is 11.5. The highest BCUT2D eigenvalue weighted by molar-refractivity contribution is 6.26. The highest BCUT2D eigenvalue weighted by atomic mass is 16.2. The first-order valence-electron chi connectivity index (χ1n) is 8.58. The SMILES string of the molecule is CCCCC(C)N1C(=O)c2cccc3c(N(C)C)ccc(c23)C1=O. The Hall–Kier alpha value is -2.36. The summed E-state index contributed by atoms with van der Waals surface area (Å²) in [6.45, 7) is 4.08. The molecule has 1 heterocycles. The number of amides is 2. The summed E-state index contributed by atoms with van der Waals surface area (Å²) in [5.41, 5.74) is 2.28. The molecule has 2 aromatic rings. The van der Waals surface area contributed by atoms with E-state index in [4.69, 9.17) is 0 Å². The van der Waals surface area contributed by atoms with Gasteiger partial charge in [0.15, 0.2) is 0 Å². The van der Waals surface area contributed by atoms with Crippen LogP contribution in [0.5, 0.6) is 0 Å². The number of hydrogen-bond acceptors (Lipinski definition) is 3.